The summed E-state index contributed by atoms with van der Waals surface area (Å²) in [5.74, 6) is 0.0344. The Morgan fingerprint density at radius 1 is 1.25 bits per heavy atom. The van der Waals surface area contributed by atoms with Gasteiger partial charge in [-0.15, -0.1) is 0 Å². The van der Waals surface area contributed by atoms with Gasteiger partial charge in [-0.25, -0.2) is 0 Å². The molecule has 7 nitrogen and oxygen atoms in total. The zero-order valence-corrected chi connectivity index (χ0v) is 15.8. The Bertz CT molecular complexity index is 1060. The van der Waals surface area contributed by atoms with Gasteiger partial charge in [-0.05, 0) is 30.2 Å². The van der Waals surface area contributed by atoms with Crippen molar-refractivity contribution in [2.45, 2.75) is 13.5 Å². The van der Waals surface area contributed by atoms with Gasteiger partial charge in [0.15, 0.2) is 5.82 Å². The quantitative estimate of drug-likeness (QED) is 0.378. The molecule has 0 aliphatic heterocycles. The summed E-state index contributed by atoms with van der Waals surface area (Å²) < 4.78 is 1.75. The van der Waals surface area contributed by atoms with Gasteiger partial charge in [-0.1, -0.05) is 41.9 Å². The van der Waals surface area contributed by atoms with Crippen molar-refractivity contribution in [3.63, 3.8) is 0 Å². The fraction of sp³-hybridized carbons (Fsp3) is 0.100. The van der Waals surface area contributed by atoms with E-state index in [0.29, 0.717) is 22.9 Å². The summed E-state index contributed by atoms with van der Waals surface area (Å²) in [4.78, 5) is 22.5. The minimum Gasteiger partial charge on any atom is -0.306 e. The number of nitrogens with zero attached hydrogens (tertiary/aromatic N) is 3. The van der Waals surface area contributed by atoms with Crippen LogP contribution in [0.25, 0.3) is 6.08 Å². The van der Waals surface area contributed by atoms with Crippen molar-refractivity contribution >= 4 is 35.1 Å². The van der Waals surface area contributed by atoms with Gasteiger partial charge in [0.2, 0.25) is 5.91 Å². The highest BCUT2D eigenvalue weighted by Crippen LogP contribution is 2.18. The van der Waals surface area contributed by atoms with E-state index in [2.05, 4.69) is 10.4 Å². The fourth-order valence-electron chi connectivity index (χ4n) is 2.60. The summed E-state index contributed by atoms with van der Waals surface area (Å²) in [6, 6.07) is 15.3. The lowest BCUT2D eigenvalue weighted by Gasteiger charge is -2.06. The molecule has 0 aliphatic carbocycles. The smallest absolute Gasteiger partial charge is 0.270 e. The molecule has 8 heteroatoms. The number of halogens is 1. The lowest BCUT2D eigenvalue weighted by molar-refractivity contribution is -0.384. The van der Waals surface area contributed by atoms with Crippen molar-refractivity contribution in [2.24, 2.45) is 0 Å². The molecule has 0 aliphatic rings. The largest absolute Gasteiger partial charge is 0.306 e. The number of carbonyl (C=O) groups excluding carboxylic acids is 1. The Hall–Kier alpha value is -3.45. The summed E-state index contributed by atoms with van der Waals surface area (Å²) >= 11 is 6.19. The Labute approximate surface area is 166 Å². The molecular weight excluding hydrogens is 380 g/mol. The molecule has 3 aromatic rings. The Morgan fingerprint density at radius 2 is 2.04 bits per heavy atom. The number of anilines is 1. The lowest BCUT2D eigenvalue weighted by atomic mass is 10.2. The maximum absolute atomic E-state index is 12.1. The molecule has 0 bridgehead atoms. The molecule has 0 spiro atoms. The first-order chi connectivity index (χ1) is 13.4. The van der Waals surface area contributed by atoms with E-state index in [0.717, 1.165) is 11.3 Å². The van der Waals surface area contributed by atoms with Gasteiger partial charge >= 0.3 is 0 Å². The SMILES string of the molecule is Cc1cc(NC(=O)/C=C/c2cccc([N+](=O)[O-])c2)nn1Cc1ccccc1Cl. The highest BCUT2D eigenvalue weighted by molar-refractivity contribution is 6.31. The molecule has 0 saturated heterocycles. The van der Waals surface area contributed by atoms with E-state index in [9.17, 15) is 14.9 Å². The highest BCUT2D eigenvalue weighted by atomic mass is 35.5. The van der Waals surface area contributed by atoms with E-state index >= 15 is 0 Å². The van der Waals surface area contributed by atoms with Crippen molar-refractivity contribution < 1.29 is 9.72 Å². The normalized spacial score (nSPS) is 10.9. The third kappa shape index (κ3) is 4.83. The molecule has 28 heavy (non-hydrogen) atoms. The molecule has 0 fully saturated rings. The van der Waals surface area contributed by atoms with Gasteiger partial charge in [0.25, 0.3) is 5.69 Å². The van der Waals surface area contributed by atoms with Crippen molar-refractivity contribution in [1.82, 2.24) is 9.78 Å². The first kappa shape index (κ1) is 19.3. The molecule has 2 aromatic carbocycles. The maximum atomic E-state index is 12.1. The first-order valence-electron chi connectivity index (χ1n) is 8.44. The van der Waals surface area contributed by atoms with Gasteiger partial charge in [0, 0.05) is 35.0 Å². The number of hydrogen-bond donors (Lipinski definition) is 1. The second-order valence-electron chi connectivity index (χ2n) is 6.09. The summed E-state index contributed by atoms with van der Waals surface area (Å²) in [6.45, 7) is 2.38. The molecule has 1 N–H and O–H groups in total. The van der Waals surface area contributed by atoms with Crippen LogP contribution in [0.5, 0.6) is 0 Å². The zero-order valence-electron chi connectivity index (χ0n) is 15.0. The van der Waals surface area contributed by atoms with Crippen LogP contribution in [-0.4, -0.2) is 20.6 Å². The first-order valence-corrected chi connectivity index (χ1v) is 8.81. The predicted octanol–water partition coefficient (Wildman–Crippen LogP) is 4.45. The Balaban J connectivity index is 1.67. The molecule has 142 valence electrons. The van der Waals surface area contributed by atoms with Crippen molar-refractivity contribution in [2.75, 3.05) is 5.32 Å². The molecule has 1 aromatic heterocycles. The molecule has 1 heterocycles. The number of nitrogens with one attached hydrogen (secondary N) is 1. The fourth-order valence-corrected chi connectivity index (χ4v) is 2.80. The summed E-state index contributed by atoms with van der Waals surface area (Å²) in [5, 5.41) is 18.5. The van der Waals surface area contributed by atoms with Crippen LogP contribution in [0.2, 0.25) is 5.02 Å². The van der Waals surface area contributed by atoms with Crippen LogP contribution in [0.15, 0.2) is 60.7 Å². The minimum absolute atomic E-state index is 0.0310. The summed E-state index contributed by atoms with van der Waals surface area (Å²) in [5.41, 5.74) is 2.33. The van der Waals surface area contributed by atoms with Crippen molar-refractivity contribution in [1.29, 1.82) is 0 Å². The lowest BCUT2D eigenvalue weighted by Crippen LogP contribution is -2.09. The van der Waals surface area contributed by atoms with Gasteiger partial charge in [0.1, 0.15) is 0 Å². The van der Waals surface area contributed by atoms with Gasteiger partial charge in [-0.2, -0.15) is 5.10 Å². The number of nitro groups is 1. The predicted molar refractivity (Wildman–Crippen MR) is 108 cm³/mol. The van der Waals surface area contributed by atoms with E-state index in [-0.39, 0.29) is 11.6 Å². The second kappa shape index (κ2) is 8.49. The Kier molecular flexibility index (Phi) is 5.86. The van der Waals surface area contributed by atoms with Crippen LogP contribution in [0.4, 0.5) is 11.5 Å². The summed E-state index contributed by atoms with van der Waals surface area (Å²) in [7, 11) is 0. The van der Waals surface area contributed by atoms with Crippen molar-refractivity contribution in [3.05, 3.63) is 92.6 Å². The molecule has 0 saturated carbocycles. The number of rotatable bonds is 6. The maximum Gasteiger partial charge on any atom is 0.270 e. The topological polar surface area (TPSA) is 90.1 Å². The van der Waals surface area contributed by atoms with Crippen LogP contribution < -0.4 is 5.32 Å². The molecule has 0 atom stereocenters. The van der Waals surface area contributed by atoms with Gasteiger partial charge in [-0.3, -0.25) is 19.6 Å². The molecular formula is C20H17ClN4O3. The van der Waals surface area contributed by atoms with Crippen LogP contribution in [0.1, 0.15) is 16.8 Å². The van der Waals surface area contributed by atoms with Crippen LogP contribution in [0, 0.1) is 17.0 Å². The number of benzene rings is 2. The van der Waals surface area contributed by atoms with Gasteiger partial charge in [0.05, 0.1) is 11.5 Å². The second-order valence-corrected chi connectivity index (χ2v) is 6.50. The number of non-ortho nitro benzene ring substituents is 1. The van der Waals surface area contributed by atoms with E-state index < -0.39 is 4.92 Å². The molecule has 1 amide bonds. The van der Waals surface area contributed by atoms with E-state index in [4.69, 9.17) is 11.6 Å². The van der Waals surface area contributed by atoms with E-state index in [1.54, 1.807) is 22.9 Å². The summed E-state index contributed by atoms with van der Waals surface area (Å²) in [6.07, 6.45) is 2.82. The van der Waals surface area contributed by atoms with Gasteiger partial charge < -0.3 is 5.32 Å². The third-order valence-corrected chi connectivity index (χ3v) is 4.39. The average Bonchev–Trinajstić information content (AvgIpc) is 3.01. The standard InChI is InChI=1S/C20H17ClN4O3/c1-14-11-19(23-24(14)13-16-6-2-3-8-18(16)21)22-20(26)10-9-15-5-4-7-17(12-15)25(27)28/h2-12H,13H2,1H3,(H,22,23,26)/b10-9+. The Morgan fingerprint density at radius 3 is 2.79 bits per heavy atom. The number of aromatic nitrogens is 2. The zero-order chi connectivity index (χ0) is 20.1. The minimum atomic E-state index is -0.480. The number of hydrogen-bond acceptors (Lipinski definition) is 4. The average molecular weight is 397 g/mol. The highest BCUT2D eigenvalue weighted by Gasteiger charge is 2.09. The van der Waals surface area contributed by atoms with Crippen LogP contribution in [-0.2, 0) is 11.3 Å². The monoisotopic (exact) mass is 396 g/mol. The van der Waals surface area contributed by atoms with E-state index in [1.165, 1.54) is 24.3 Å². The third-order valence-electron chi connectivity index (χ3n) is 4.02. The number of nitro benzene ring substituents is 1. The number of carbonyl (C=O) groups is 1. The number of amides is 1. The van der Waals surface area contributed by atoms with E-state index in [1.807, 2.05) is 31.2 Å². The molecule has 3 rings (SSSR count). The molecule has 0 unspecified atom stereocenters. The van der Waals surface area contributed by atoms with Crippen LogP contribution in [0.3, 0.4) is 0 Å². The van der Waals surface area contributed by atoms with Crippen LogP contribution >= 0.6 is 11.6 Å². The molecule has 0 radical (unpaired) electrons. The number of aryl methyl sites for hydroxylation is 1. The van der Waals surface area contributed by atoms with Crippen molar-refractivity contribution in [3.8, 4) is 0 Å².